The molecule has 0 radical (unpaired) electrons. The average molecular weight is 600 g/mol. The van der Waals surface area contributed by atoms with E-state index in [2.05, 4.69) is 14.9 Å². The number of nitrogens with zero attached hydrogens (tertiary/aromatic N) is 2. The lowest BCUT2D eigenvalue weighted by Crippen LogP contribution is -2.25. The molecule has 0 unspecified atom stereocenters. The fourth-order valence-electron chi connectivity index (χ4n) is 5.47. The van der Waals surface area contributed by atoms with Crippen LogP contribution in [0.2, 0.25) is 0 Å². The lowest BCUT2D eigenvalue weighted by molar-refractivity contribution is -0.140. The standard InChI is InChI=1S/C31H32F3N3O4S/c1-18(2)40-30(38)35-20-8-6-19(7-9-20)28-27(29-36-26(17-42-29)31(32,33)34)24-11-10-23(41-22-12-14-39-15-13-22)16-25(24)37(28)21-4-3-5-21/h6-11,16-18,21-22H,3-5,12-15H2,1-2H3,(H,35,38). The number of ether oxygens (including phenoxy) is 3. The van der Waals surface area contributed by atoms with Crippen molar-refractivity contribution in [2.45, 2.75) is 70.4 Å². The van der Waals surface area contributed by atoms with Crippen molar-refractivity contribution in [1.82, 2.24) is 9.55 Å². The van der Waals surface area contributed by atoms with Crippen molar-refractivity contribution in [3.63, 3.8) is 0 Å². The molecule has 7 nitrogen and oxygen atoms in total. The number of hydrogen-bond donors (Lipinski definition) is 1. The summed E-state index contributed by atoms with van der Waals surface area (Å²) in [6.07, 6.45) is -0.672. The predicted octanol–water partition coefficient (Wildman–Crippen LogP) is 8.69. The number of anilines is 1. The van der Waals surface area contributed by atoms with E-state index in [4.69, 9.17) is 14.2 Å². The van der Waals surface area contributed by atoms with Crippen molar-refractivity contribution in [2.75, 3.05) is 18.5 Å². The lowest BCUT2D eigenvalue weighted by Gasteiger charge is -2.30. The first-order chi connectivity index (χ1) is 20.2. The molecule has 1 aliphatic carbocycles. The predicted molar refractivity (Wildman–Crippen MR) is 156 cm³/mol. The Morgan fingerprint density at radius 3 is 2.45 bits per heavy atom. The van der Waals surface area contributed by atoms with E-state index in [0.29, 0.717) is 29.5 Å². The molecule has 2 fully saturated rings. The Morgan fingerprint density at radius 2 is 1.83 bits per heavy atom. The molecule has 222 valence electrons. The van der Waals surface area contributed by atoms with Gasteiger partial charge in [-0.05, 0) is 62.9 Å². The number of carbonyl (C=O) groups is 1. The highest BCUT2D eigenvalue weighted by atomic mass is 32.1. The van der Waals surface area contributed by atoms with Crippen molar-refractivity contribution in [1.29, 1.82) is 0 Å². The van der Waals surface area contributed by atoms with Gasteiger partial charge in [-0.2, -0.15) is 13.2 Å². The SMILES string of the molecule is CC(C)OC(=O)Nc1ccc(-c2c(-c3nc(C(F)(F)F)cs3)c3ccc(OC4CCOCC4)cc3n2C2CCC2)cc1. The van der Waals surface area contributed by atoms with Gasteiger partial charge in [-0.15, -0.1) is 11.3 Å². The highest BCUT2D eigenvalue weighted by molar-refractivity contribution is 7.13. The van der Waals surface area contributed by atoms with Crippen LogP contribution in [-0.4, -0.2) is 41.1 Å². The number of amides is 1. The number of fused-ring (bicyclic) bond motifs is 1. The van der Waals surface area contributed by atoms with Gasteiger partial charge in [0.1, 0.15) is 16.9 Å². The fraction of sp³-hybridized carbons (Fsp3) is 0.419. The molecular formula is C31H32F3N3O4S. The summed E-state index contributed by atoms with van der Waals surface area (Å²) in [5.74, 6) is 0.726. The molecule has 0 atom stereocenters. The molecule has 42 heavy (non-hydrogen) atoms. The van der Waals surface area contributed by atoms with Crippen LogP contribution in [0.1, 0.15) is 57.7 Å². The number of alkyl halides is 3. The smallest absolute Gasteiger partial charge is 0.434 e. The summed E-state index contributed by atoms with van der Waals surface area (Å²) in [5, 5.41) is 4.92. The number of rotatable bonds is 7. The third-order valence-electron chi connectivity index (χ3n) is 7.64. The average Bonchev–Trinajstić information content (AvgIpc) is 3.52. The Labute approximate surface area is 245 Å². The minimum atomic E-state index is -4.54. The molecule has 1 amide bonds. The van der Waals surface area contributed by atoms with Crippen LogP contribution < -0.4 is 10.1 Å². The van der Waals surface area contributed by atoms with Gasteiger partial charge in [-0.1, -0.05) is 12.1 Å². The van der Waals surface area contributed by atoms with E-state index >= 15 is 0 Å². The maximum atomic E-state index is 13.6. The molecular weight excluding hydrogens is 567 g/mol. The second-order valence-corrected chi connectivity index (χ2v) is 11.8. The topological polar surface area (TPSA) is 74.6 Å². The Hall–Kier alpha value is -3.57. The van der Waals surface area contributed by atoms with Crippen LogP contribution in [0.25, 0.3) is 32.7 Å². The summed E-state index contributed by atoms with van der Waals surface area (Å²) in [5.41, 5.74) is 2.83. The van der Waals surface area contributed by atoms with E-state index in [1.165, 1.54) is 0 Å². The number of hydrogen-bond acceptors (Lipinski definition) is 6. The van der Waals surface area contributed by atoms with Gasteiger partial charge in [-0.25, -0.2) is 9.78 Å². The summed E-state index contributed by atoms with van der Waals surface area (Å²) in [4.78, 5) is 16.2. The monoisotopic (exact) mass is 599 g/mol. The number of carbonyl (C=O) groups excluding carboxylic acids is 1. The van der Waals surface area contributed by atoms with Gasteiger partial charge < -0.3 is 18.8 Å². The number of halogens is 3. The van der Waals surface area contributed by atoms with E-state index in [9.17, 15) is 18.0 Å². The van der Waals surface area contributed by atoms with Crippen molar-refractivity contribution in [3.8, 4) is 27.6 Å². The molecule has 0 bridgehead atoms. The zero-order valence-corrected chi connectivity index (χ0v) is 24.2. The first-order valence-electron chi connectivity index (χ1n) is 14.2. The Balaban J connectivity index is 1.48. The molecule has 6 rings (SSSR count). The molecule has 4 aromatic rings. The number of benzene rings is 2. The fourth-order valence-corrected chi connectivity index (χ4v) is 6.35. The van der Waals surface area contributed by atoms with E-state index in [1.807, 2.05) is 30.3 Å². The van der Waals surface area contributed by atoms with Crippen LogP contribution in [0.5, 0.6) is 5.75 Å². The molecule has 2 aromatic heterocycles. The van der Waals surface area contributed by atoms with Crippen LogP contribution in [0.15, 0.2) is 47.8 Å². The van der Waals surface area contributed by atoms with E-state index in [1.54, 1.807) is 26.0 Å². The van der Waals surface area contributed by atoms with Crippen LogP contribution >= 0.6 is 11.3 Å². The molecule has 1 saturated heterocycles. The minimum Gasteiger partial charge on any atom is -0.490 e. The third-order valence-corrected chi connectivity index (χ3v) is 8.50. The van der Waals surface area contributed by atoms with E-state index in [-0.39, 0.29) is 18.2 Å². The molecule has 2 aliphatic rings. The zero-order valence-electron chi connectivity index (χ0n) is 23.4. The van der Waals surface area contributed by atoms with E-state index in [0.717, 1.165) is 76.7 Å². The van der Waals surface area contributed by atoms with Crippen molar-refractivity contribution in [3.05, 3.63) is 53.5 Å². The van der Waals surface area contributed by atoms with Gasteiger partial charge in [0.15, 0.2) is 5.69 Å². The Bertz CT molecular complexity index is 1570. The van der Waals surface area contributed by atoms with Gasteiger partial charge in [0.05, 0.1) is 30.5 Å². The molecule has 2 aromatic carbocycles. The van der Waals surface area contributed by atoms with Gasteiger partial charge in [-0.3, -0.25) is 5.32 Å². The highest BCUT2D eigenvalue weighted by Crippen LogP contribution is 2.48. The lowest BCUT2D eigenvalue weighted by atomic mass is 9.92. The Kier molecular flexibility index (Phi) is 7.89. The second kappa shape index (κ2) is 11.6. The second-order valence-electron chi connectivity index (χ2n) is 11.0. The molecule has 1 aliphatic heterocycles. The Morgan fingerprint density at radius 1 is 1.10 bits per heavy atom. The summed E-state index contributed by atoms with van der Waals surface area (Å²) in [6, 6.07) is 13.3. The normalized spacial score (nSPS) is 16.5. The minimum absolute atomic E-state index is 0.0537. The summed E-state index contributed by atoms with van der Waals surface area (Å²) in [7, 11) is 0. The van der Waals surface area contributed by atoms with Crippen LogP contribution in [0, 0.1) is 0 Å². The molecule has 11 heteroatoms. The van der Waals surface area contributed by atoms with Gasteiger partial charge in [0, 0.05) is 47.0 Å². The van der Waals surface area contributed by atoms with Gasteiger partial charge in [0.2, 0.25) is 0 Å². The van der Waals surface area contributed by atoms with Crippen molar-refractivity contribution >= 4 is 34.0 Å². The zero-order chi connectivity index (χ0) is 29.4. The number of nitrogens with one attached hydrogen (secondary N) is 1. The number of aromatic nitrogens is 2. The molecule has 0 spiro atoms. The largest absolute Gasteiger partial charge is 0.490 e. The van der Waals surface area contributed by atoms with E-state index < -0.39 is 18.0 Å². The number of thiazole rings is 1. The maximum absolute atomic E-state index is 13.6. The van der Waals surface area contributed by atoms with Crippen LogP contribution in [0.4, 0.5) is 23.7 Å². The third kappa shape index (κ3) is 5.85. The molecule has 3 heterocycles. The molecule has 1 N–H and O–H groups in total. The first-order valence-corrected chi connectivity index (χ1v) is 15.1. The van der Waals surface area contributed by atoms with Gasteiger partial charge >= 0.3 is 12.3 Å². The van der Waals surface area contributed by atoms with Crippen molar-refractivity contribution < 1.29 is 32.2 Å². The summed E-state index contributed by atoms with van der Waals surface area (Å²) in [6.45, 7) is 4.86. The summed E-state index contributed by atoms with van der Waals surface area (Å²) < 4.78 is 60.1. The quantitative estimate of drug-likeness (QED) is 0.230. The highest BCUT2D eigenvalue weighted by Gasteiger charge is 2.35. The maximum Gasteiger partial charge on any atom is 0.434 e. The first kappa shape index (κ1) is 28.5. The van der Waals surface area contributed by atoms with Gasteiger partial charge in [0.25, 0.3) is 0 Å². The van der Waals surface area contributed by atoms with Crippen molar-refractivity contribution in [2.24, 2.45) is 0 Å². The van der Waals surface area contributed by atoms with Crippen LogP contribution in [0.3, 0.4) is 0 Å². The van der Waals surface area contributed by atoms with Crippen LogP contribution in [-0.2, 0) is 15.7 Å². The summed E-state index contributed by atoms with van der Waals surface area (Å²) >= 11 is 0.991. The molecule has 1 saturated carbocycles.